The van der Waals surface area contributed by atoms with E-state index in [1.807, 2.05) is 24.3 Å². The molecule has 0 fully saturated rings. The van der Waals surface area contributed by atoms with Crippen LogP contribution in [-0.2, 0) is 5.41 Å². The molecular formula is C60H38N4. The minimum Gasteiger partial charge on any atom is -0.310 e. The number of hydrogen-bond donors (Lipinski definition) is 0. The Balaban J connectivity index is 1.12. The molecule has 0 saturated heterocycles. The van der Waals surface area contributed by atoms with Gasteiger partial charge in [-0.25, -0.2) is 15.0 Å². The van der Waals surface area contributed by atoms with E-state index in [4.69, 9.17) is 15.0 Å². The summed E-state index contributed by atoms with van der Waals surface area (Å²) in [6, 6.07) is 82.8. The topological polar surface area (TPSA) is 41.9 Å². The summed E-state index contributed by atoms with van der Waals surface area (Å²) in [6.07, 6.45) is 0. The second kappa shape index (κ2) is 14.3. The number of anilines is 3. The Bertz CT molecular complexity index is 3500. The molecule has 1 spiro atoms. The van der Waals surface area contributed by atoms with Crippen LogP contribution < -0.4 is 4.90 Å². The monoisotopic (exact) mass is 814 g/mol. The molecule has 3 heterocycles. The largest absolute Gasteiger partial charge is 0.310 e. The Morgan fingerprint density at radius 1 is 0.328 bits per heavy atom. The lowest BCUT2D eigenvalue weighted by atomic mass is 9.64. The van der Waals surface area contributed by atoms with E-state index in [2.05, 4.69) is 211 Å². The fraction of sp³-hybridized carbons (Fsp3) is 0.0167. The van der Waals surface area contributed by atoms with Gasteiger partial charge in [-0.1, -0.05) is 176 Å². The summed E-state index contributed by atoms with van der Waals surface area (Å²) in [6.45, 7) is 0. The van der Waals surface area contributed by atoms with Gasteiger partial charge in [0.05, 0.1) is 39.4 Å². The standard InChI is InChI=1S/C60H38N4/c1-5-19-39(20-6-1)54-38-55(63-59(62-54)41-23-9-3-10-24-41)42-33-34-53-47(35-42)45-37-52-46(36-48(45)58(61-53)40-21-7-2-8-22-40)44-27-13-14-28-49(44)60(52)50-29-15-17-31-56(50)64(43-25-11-4-12-26-43)57-32-18-16-30-51(57)60/h1-38H. The molecular weight excluding hydrogens is 777 g/mol. The van der Waals surface area contributed by atoms with Crippen LogP contribution in [-0.4, -0.2) is 15.0 Å². The van der Waals surface area contributed by atoms with Gasteiger partial charge in [0.15, 0.2) is 5.82 Å². The molecule has 0 amide bonds. The summed E-state index contributed by atoms with van der Waals surface area (Å²) in [5.41, 5.74) is 18.2. The molecule has 1 aliphatic heterocycles. The maximum Gasteiger partial charge on any atom is 0.160 e. The summed E-state index contributed by atoms with van der Waals surface area (Å²) >= 11 is 0. The van der Waals surface area contributed by atoms with Gasteiger partial charge in [0.2, 0.25) is 0 Å². The molecule has 2 aromatic heterocycles. The molecule has 298 valence electrons. The molecule has 0 atom stereocenters. The van der Waals surface area contributed by atoms with Crippen molar-refractivity contribution in [2.24, 2.45) is 0 Å². The van der Waals surface area contributed by atoms with E-state index in [0.717, 1.165) is 66.7 Å². The quantitative estimate of drug-likeness (QED) is 0.162. The first-order valence-electron chi connectivity index (χ1n) is 21.9. The van der Waals surface area contributed by atoms with Crippen molar-refractivity contribution in [2.45, 2.75) is 5.41 Å². The lowest BCUT2D eigenvalue weighted by molar-refractivity contribution is 0.753. The highest BCUT2D eigenvalue weighted by atomic mass is 15.2. The highest BCUT2D eigenvalue weighted by molar-refractivity contribution is 6.14. The molecule has 0 radical (unpaired) electrons. The molecule has 0 saturated carbocycles. The third-order valence-corrected chi connectivity index (χ3v) is 13.2. The average molecular weight is 815 g/mol. The molecule has 11 aromatic rings. The summed E-state index contributed by atoms with van der Waals surface area (Å²) in [7, 11) is 0. The number of aromatic nitrogens is 3. The van der Waals surface area contributed by atoms with Gasteiger partial charge >= 0.3 is 0 Å². The van der Waals surface area contributed by atoms with Crippen LogP contribution in [0.3, 0.4) is 0 Å². The zero-order valence-electron chi connectivity index (χ0n) is 34.7. The number of rotatable bonds is 5. The van der Waals surface area contributed by atoms with Crippen LogP contribution in [0.25, 0.3) is 78.0 Å². The molecule has 0 unspecified atom stereocenters. The highest BCUT2D eigenvalue weighted by Gasteiger charge is 2.51. The predicted molar refractivity (Wildman–Crippen MR) is 262 cm³/mol. The van der Waals surface area contributed by atoms with Crippen LogP contribution in [0.1, 0.15) is 22.3 Å². The van der Waals surface area contributed by atoms with Crippen molar-refractivity contribution in [2.75, 3.05) is 4.90 Å². The van der Waals surface area contributed by atoms with Gasteiger partial charge in [-0.05, 0) is 93.4 Å². The van der Waals surface area contributed by atoms with Gasteiger partial charge in [-0.2, -0.15) is 0 Å². The lowest BCUT2D eigenvalue weighted by Crippen LogP contribution is -2.36. The van der Waals surface area contributed by atoms with Crippen LogP contribution in [0, 0.1) is 0 Å². The third-order valence-electron chi connectivity index (χ3n) is 13.2. The number of fused-ring (bicyclic) bond motifs is 12. The van der Waals surface area contributed by atoms with Gasteiger partial charge in [-0.3, -0.25) is 0 Å². The molecule has 2 aliphatic rings. The minimum absolute atomic E-state index is 0.597. The predicted octanol–water partition coefficient (Wildman–Crippen LogP) is 15.0. The van der Waals surface area contributed by atoms with Crippen LogP contribution in [0.4, 0.5) is 17.1 Å². The Hall–Kier alpha value is -8.47. The summed E-state index contributed by atoms with van der Waals surface area (Å²) < 4.78 is 0. The second-order valence-electron chi connectivity index (χ2n) is 16.7. The SMILES string of the molecule is c1ccc(-c2cc(-c3ccc4nc(-c5ccccc5)c5cc6c(cc5c4c3)C3(c4ccccc4-6)c4ccccc4N(c4ccccc4)c4ccccc43)nc(-c3ccccc3)n2)cc1. The van der Waals surface area contributed by atoms with Crippen molar-refractivity contribution in [1.29, 1.82) is 0 Å². The van der Waals surface area contributed by atoms with Crippen molar-refractivity contribution in [3.8, 4) is 56.3 Å². The molecule has 0 N–H and O–H groups in total. The van der Waals surface area contributed by atoms with Gasteiger partial charge < -0.3 is 4.90 Å². The Morgan fingerprint density at radius 2 is 0.875 bits per heavy atom. The zero-order chi connectivity index (χ0) is 42.2. The van der Waals surface area contributed by atoms with Crippen LogP contribution in [0.5, 0.6) is 0 Å². The van der Waals surface area contributed by atoms with Gasteiger partial charge in [0.25, 0.3) is 0 Å². The number of hydrogen-bond acceptors (Lipinski definition) is 4. The first-order chi connectivity index (χ1) is 31.7. The van der Waals surface area contributed by atoms with E-state index >= 15 is 0 Å². The molecule has 64 heavy (non-hydrogen) atoms. The van der Waals surface area contributed by atoms with Crippen LogP contribution in [0.2, 0.25) is 0 Å². The fourth-order valence-corrected chi connectivity index (χ4v) is 10.5. The summed E-state index contributed by atoms with van der Waals surface area (Å²) in [5.74, 6) is 0.691. The molecule has 4 nitrogen and oxygen atoms in total. The van der Waals surface area contributed by atoms with Crippen molar-refractivity contribution in [1.82, 2.24) is 15.0 Å². The normalized spacial score (nSPS) is 13.1. The maximum atomic E-state index is 5.50. The average Bonchev–Trinajstić information content (AvgIpc) is 3.66. The number of para-hydroxylation sites is 3. The molecule has 0 bridgehead atoms. The van der Waals surface area contributed by atoms with Gasteiger partial charge in [0, 0.05) is 38.7 Å². The number of nitrogens with zero attached hydrogens (tertiary/aromatic N) is 4. The number of benzene rings is 9. The fourth-order valence-electron chi connectivity index (χ4n) is 10.5. The van der Waals surface area contributed by atoms with E-state index in [-0.39, 0.29) is 0 Å². The zero-order valence-corrected chi connectivity index (χ0v) is 34.7. The van der Waals surface area contributed by atoms with E-state index in [0.29, 0.717) is 5.82 Å². The Kier molecular flexibility index (Phi) is 8.09. The van der Waals surface area contributed by atoms with E-state index < -0.39 is 5.41 Å². The molecule has 13 rings (SSSR count). The van der Waals surface area contributed by atoms with Crippen molar-refractivity contribution in [3.63, 3.8) is 0 Å². The first-order valence-corrected chi connectivity index (χ1v) is 21.9. The number of pyridine rings is 1. The lowest BCUT2D eigenvalue weighted by Gasteiger charge is -2.45. The summed E-state index contributed by atoms with van der Waals surface area (Å²) in [4.78, 5) is 18.3. The van der Waals surface area contributed by atoms with E-state index in [9.17, 15) is 0 Å². The van der Waals surface area contributed by atoms with Crippen molar-refractivity contribution < 1.29 is 0 Å². The highest BCUT2D eigenvalue weighted by Crippen LogP contribution is 2.64. The van der Waals surface area contributed by atoms with Crippen LogP contribution in [0.15, 0.2) is 231 Å². The molecule has 4 heteroatoms. The van der Waals surface area contributed by atoms with Crippen molar-refractivity contribution in [3.05, 3.63) is 253 Å². The second-order valence-corrected chi connectivity index (χ2v) is 16.7. The Morgan fingerprint density at radius 3 is 1.55 bits per heavy atom. The maximum absolute atomic E-state index is 5.50. The van der Waals surface area contributed by atoms with Gasteiger partial charge in [-0.15, -0.1) is 0 Å². The van der Waals surface area contributed by atoms with Crippen LogP contribution >= 0.6 is 0 Å². The molecule has 1 aliphatic carbocycles. The van der Waals surface area contributed by atoms with E-state index in [1.165, 1.54) is 44.8 Å². The third kappa shape index (κ3) is 5.39. The minimum atomic E-state index is -0.597. The molecule has 9 aromatic carbocycles. The smallest absolute Gasteiger partial charge is 0.160 e. The summed E-state index contributed by atoms with van der Waals surface area (Å²) in [5, 5.41) is 3.34. The van der Waals surface area contributed by atoms with Gasteiger partial charge in [0.1, 0.15) is 0 Å². The van der Waals surface area contributed by atoms with E-state index in [1.54, 1.807) is 0 Å². The first kappa shape index (κ1) is 36.2. The Labute approximate surface area is 371 Å². The van der Waals surface area contributed by atoms with Crippen molar-refractivity contribution >= 4 is 38.7 Å².